The van der Waals surface area contributed by atoms with Gasteiger partial charge in [-0.2, -0.15) is 11.3 Å². The maximum atomic E-state index is 5.77. The first-order chi connectivity index (χ1) is 8.14. The van der Waals surface area contributed by atoms with Crippen molar-refractivity contribution in [3.05, 3.63) is 22.4 Å². The first-order valence-corrected chi connectivity index (χ1v) is 7.31. The van der Waals surface area contributed by atoms with Crippen molar-refractivity contribution < 1.29 is 0 Å². The summed E-state index contributed by atoms with van der Waals surface area (Å²) >= 11 is 1.75. The number of nitrogens with two attached hydrogens (primary N) is 1. The Morgan fingerprint density at radius 1 is 1.47 bits per heavy atom. The Hall–Kier alpha value is -0.420. The topological polar surface area (TPSA) is 41.3 Å². The van der Waals surface area contributed by atoms with Crippen LogP contribution in [-0.4, -0.2) is 29.6 Å². The predicted octanol–water partition coefficient (Wildman–Crippen LogP) is 2.00. The van der Waals surface area contributed by atoms with Gasteiger partial charge in [0.05, 0.1) is 0 Å². The van der Waals surface area contributed by atoms with Crippen LogP contribution in [0.2, 0.25) is 0 Å². The van der Waals surface area contributed by atoms with E-state index in [0.29, 0.717) is 6.04 Å². The fourth-order valence-corrected chi connectivity index (χ4v) is 3.35. The Morgan fingerprint density at radius 2 is 2.18 bits per heavy atom. The first-order valence-electron chi connectivity index (χ1n) is 6.37. The molecule has 0 aromatic carbocycles. The smallest absolute Gasteiger partial charge is 0.0429 e. The lowest BCUT2D eigenvalue weighted by Crippen LogP contribution is -2.59. The molecule has 1 aliphatic heterocycles. The van der Waals surface area contributed by atoms with Gasteiger partial charge in [-0.15, -0.1) is 0 Å². The quantitative estimate of drug-likeness (QED) is 0.623. The molecule has 1 unspecified atom stereocenters. The van der Waals surface area contributed by atoms with Gasteiger partial charge in [-0.3, -0.25) is 16.2 Å². The summed E-state index contributed by atoms with van der Waals surface area (Å²) in [7, 11) is 0. The number of hydrazine groups is 1. The van der Waals surface area contributed by atoms with Crippen LogP contribution in [0.3, 0.4) is 0 Å². The van der Waals surface area contributed by atoms with Crippen molar-refractivity contribution in [3.8, 4) is 0 Å². The normalized spacial score (nSPS) is 19.7. The summed E-state index contributed by atoms with van der Waals surface area (Å²) in [6.45, 7) is 7.01. The molecule has 1 fully saturated rings. The molecule has 2 heterocycles. The van der Waals surface area contributed by atoms with Crippen molar-refractivity contribution in [2.24, 2.45) is 5.84 Å². The fourth-order valence-electron chi connectivity index (χ4n) is 2.67. The van der Waals surface area contributed by atoms with Crippen LogP contribution in [-0.2, 0) is 6.42 Å². The van der Waals surface area contributed by atoms with E-state index in [-0.39, 0.29) is 5.54 Å². The van der Waals surface area contributed by atoms with Crippen molar-refractivity contribution in [1.29, 1.82) is 0 Å². The van der Waals surface area contributed by atoms with Gasteiger partial charge in [0.2, 0.25) is 0 Å². The van der Waals surface area contributed by atoms with Crippen LogP contribution in [0, 0.1) is 0 Å². The van der Waals surface area contributed by atoms with Gasteiger partial charge in [0.1, 0.15) is 0 Å². The van der Waals surface area contributed by atoms with Gasteiger partial charge in [0.25, 0.3) is 0 Å². The number of hydrogen-bond donors (Lipinski definition) is 2. The summed E-state index contributed by atoms with van der Waals surface area (Å²) < 4.78 is 0. The lowest BCUT2D eigenvalue weighted by atomic mass is 9.89. The third-order valence-corrected chi connectivity index (χ3v) is 4.73. The van der Waals surface area contributed by atoms with Gasteiger partial charge in [0, 0.05) is 11.6 Å². The van der Waals surface area contributed by atoms with Crippen LogP contribution in [0.5, 0.6) is 0 Å². The molecule has 0 spiro atoms. The summed E-state index contributed by atoms with van der Waals surface area (Å²) in [6, 6.07) is 2.49. The fraction of sp³-hybridized carbons (Fsp3) is 0.692. The van der Waals surface area contributed by atoms with Crippen molar-refractivity contribution in [2.45, 2.75) is 44.7 Å². The van der Waals surface area contributed by atoms with Gasteiger partial charge >= 0.3 is 0 Å². The van der Waals surface area contributed by atoms with Crippen LogP contribution in [0.15, 0.2) is 16.8 Å². The van der Waals surface area contributed by atoms with Crippen molar-refractivity contribution in [1.82, 2.24) is 10.3 Å². The minimum Gasteiger partial charge on any atom is -0.297 e. The number of likely N-dealkylation sites (tertiary alicyclic amines) is 1. The number of nitrogens with one attached hydrogen (secondary N) is 1. The standard InChI is InChI=1S/C13H23N3S/c1-13(2,16-6-3-4-7-16)12(15-14)9-11-5-8-17-10-11/h5,8,10,12,15H,3-4,6-7,9,14H2,1-2H3. The predicted molar refractivity (Wildman–Crippen MR) is 74.0 cm³/mol. The van der Waals surface area contributed by atoms with Crippen LogP contribution in [0.4, 0.5) is 0 Å². The van der Waals surface area contributed by atoms with Crippen molar-refractivity contribution >= 4 is 11.3 Å². The summed E-state index contributed by atoms with van der Waals surface area (Å²) in [5.41, 5.74) is 4.52. The zero-order valence-corrected chi connectivity index (χ0v) is 11.6. The third-order valence-electron chi connectivity index (χ3n) is 3.99. The summed E-state index contributed by atoms with van der Waals surface area (Å²) in [5.74, 6) is 5.77. The summed E-state index contributed by atoms with van der Waals surface area (Å²) in [6.07, 6.45) is 3.64. The largest absolute Gasteiger partial charge is 0.297 e. The van der Waals surface area contributed by atoms with Crippen LogP contribution in [0.1, 0.15) is 32.3 Å². The average molecular weight is 253 g/mol. The summed E-state index contributed by atoms with van der Waals surface area (Å²) in [5, 5.41) is 4.34. The zero-order chi connectivity index (χ0) is 12.3. The number of rotatable bonds is 5. The SMILES string of the molecule is CC(C)(C(Cc1ccsc1)NN)N1CCCC1. The molecule has 0 aliphatic carbocycles. The molecule has 0 bridgehead atoms. The van der Waals surface area contributed by atoms with Crippen LogP contribution >= 0.6 is 11.3 Å². The molecule has 17 heavy (non-hydrogen) atoms. The molecule has 1 aromatic heterocycles. The maximum absolute atomic E-state index is 5.77. The molecular formula is C13H23N3S. The average Bonchev–Trinajstić information content (AvgIpc) is 2.98. The first kappa shape index (κ1) is 13.0. The highest BCUT2D eigenvalue weighted by Gasteiger charge is 2.36. The van der Waals surface area contributed by atoms with E-state index in [1.54, 1.807) is 11.3 Å². The van der Waals surface area contributed by atoms with Gasteiger partial charge in [-0.1, -0.05) is 0 Å². The van der Waals surface area contributed by atoms with Crippen molar-refractivity contribution in [3.63, 3.8) is 0 Å². The van der Waals surface area contributed by atoms with Gasteiger partial charge in [0.15, 0.2) is 0 Å². The molecule has 0 amide bonds. The Kier molecular flexibility index (Phi) is 4.20. The van der Waals surface area contributed by atoms with E-state index in [9.17, 15) is 0 Å². The van der Waals surface area contributed by atoms with E-state index in [4.69, 9.17) is 5.84 Å². The lowest BCUT2D eigenvalue weighted by Gasteiger charge is -2.41. The van der Waals surface area contributed by atoms with Crippen molar-refractivity contribution in [2.75, 3.05) is 13.1 Å². The number of hydrogen-bond acceptors (Lipinski definition) is 4. The second-order valence-electron chi connectivity index (χ2n) is 5.40. The molecular weight excluding hydrogens is 230 g/mol. The Labute approximate surface area is 108 Å². The van der Waals surface area contributed by atoms with Gasteiger partial charge < -0.3 is 0 Å². The van der Waals surface area contributed by atoms with E-state index in [2.05, 4.69) is 41.0 Å². The van der Waals surface area contributed by atoms with E-state index in [0.717, 1.165) is 6.42 Å². The second kappa shape index (κ2) is 5.48. The molecule has 2 rings (SSSR count). The molecule has 1 saturated heterocycles. The number of nitrogens with zero attached hydrogens (tertiary/aromatic N) is 1. The van der Waals surface area contributed by atoms with E-state index in [1.165, 1.54) is 31.5 Å². The molecule has 0 saturated carbocycles. The Balaban J connectivity index is 2.05. The highest BCUT2D eigenvalue weighted by atomic mass is 32.1. The molecule has 1 atom stereocenters. The van der Waals surface area contributed by atoms with Gasteiger partial charge in [-0.05, 0) is 68.6 Å². The molecule has 1 aromatic rings. The lowest BCUT2D eigenvalue weighted by molar-refractivity contribution is 0.107. The third kappa shape index (κ3) is 2.88. The molecule has 96 valence electrons. The zero-order valence-electron chi connectivity index (χ0n) is 10.8. The molecule has 4 heteroatoms. The number of thiophene rings is 1. The minimum atomic E-state index is 0.118. The maximum Gasteiger partial charge on any atom is 0.0429 e. The minimum absolute atomic E-state index is 0.118. The highest BCUT2D eigenvalue weighted by Crippen LogP contribution is 2.26. The Morgan fingerprint density at radius 3 is 2.71 bits per heavy atom. The van der Waals surface area contributed by atoms with E-state index in [1.807, 2.05) is 0 Å². The highest BCUT2D eigenvalue weighted by molar-refractivity contribution is 7.07. The molecule has 0 radical (unpaired) electrons. The molecule has 3 N–H and O–H groups in total. The molecule has 3 nitrogen and oxygen atoms in total. The summed E-state index contributed by atoms with van der Waals surface area (Å²) in [4.78, 5) is 2.56. The van der Waals surface area contributed by atoms with Gasteiger partial charge in [-0.25, -0.2) is 0 Å². The monoisotopic (exact) mass is 253 g/mol. The Bertz CT molecular complexity index is 328. The second-order valence-corrected chi connectivity index (χ2v) is 6.18. The van der Waals surface area contributed by atoms with Crippen LogP contribution in [0.25, 0.3) is 0 Å². The van der Waals surface area contributed by atoms with Crippen LogP contribution < -0.4 is 11.3 Å². The molecule has 1 aliphatic rings. The van der Waals surface area contributed by atoms with E-state index < -0.39 is 0 Å². The van der Waals surface area contributed by atoms with E-state index >= 15 is 0 Å².